The lowest BCUT2D eigenvalue weighted by Gasteiger charge is -2.32. The van der Waals surface area contributed by atoms with Gasteiger partial charge in [0.2, 0.25) is 0 Å². The van der Waals surface area contributed by atoms with Crippen LogP contribution in [-0.2, 0) is 19.5 Å². The van der Waals surface area contributed by atoms with E-state index in [4.69, 9.17) is 0 Å². The van der Waals surface area contributed by atoms with Crippen LogP contribution in [0.2, 0.25) is 0 Å². The molecule has 2 aliphatic heterocycles. The zero-order valence-corrected chi connectivity index (χ0v) is 16.3. The Balaban J connectivity index is 1.36. The van der Waals surface area contributed by atoms with Crippen molar-refractivity contribution in [1.29, 1.82) is 0 Å². The SMILES string of the molecule is CC1CCCN(c2ccc(CNC(=O)c3n[nH]c4c3CN(C)CC4)cc2)C1. The molecule has 0 saturated carbocycles. The maximum Gasteiger partial charge on any atom is 0.272 e. The molecule has 4 rings (SSSR count). The predicted molar refractivity (Wildman–Crippen MR) is 107 cm³/mol. The number of fused-ring (bicyclic) bond motifs is 1. The Morgan fingerprint density at radius 3 is 2.89 bits per heavy atom. The van der Waals surface area contributed by atoms with Crippen LogP contribution in [0, 0.1) is 5.92 Å². The molecule has 0 spiro atoms. The van der Waals surface area contributed by atoms with Gasteiger partial charge in [0, 0.05) is 56.1 Å². The largest absolute Gasteiger partial charge is 0.371 e. The molecule has 2 aromatic rings. The molecule has 144 valence electrons. The Bertz CT molecular complexity index is 797. The molecule has 1 aromatic carbocycles. The first-order chi connectivity index (χ1) is 13.1. The first-order valence-electron chi connectivity index (χ1n) is 9.97. The number of benzene rings is 1. The average molecular weight is 367 g/mol. The van der Waals surface area contributed by atoms with Gasteiger partial charge in [-0.15, -0.1) is 0 Å². The zero-order valence-electron chi connectivity index (χ0n) is 16.3. The van der Waals surface area contributed by atoms with Crippen molar-refractivity contribution >= 4 is 11.6 Å². The summed E-state index contributed by atoms with van der Waals surface area (Å²) in [4.78, 5) is 17.3. The first kappa shape index (κ1) is 18.0. The van der Waals surface area contributed by atoms with Crippen molar-refractivity contribution in [3.8, 4) is 0 Å². The minimum Gasteiger partial charge on any atom is -0.371 e. The van der Waals surface area contributed by atoms with Gasteiger partial charge in [-0.3, -0.25) is 9.89 Å². The summed E-state index contributed by atoms with van der Waals surface area (Å²) in [6, 6.07) is 8.57. The number of nitrogens with one attached hydrogen (secondary N) is 2. The molecule has 6 heteroatoms. The number of carbonyl (C=O) groups excluding carboxylic acids is 1. The summed E-state index contributed by atoms with van der Waals surface area (Å²) >= 11 is 0. The summed E-state index contributed by atoms with van der Waals surface area (Å²) in [7, 11) is 2.07. The molecule has 0 aliphatic carbocycles. The van der Waals surface area contributed by atoms with Gasteiger partial charge in [-0.25, -0.2) is 0 Å². The molecule has 1 amide bonds. The van der Waals surface area contributed by atoms with Crippen molar-refractivity contribution in [2.24, 2.45) is 5.92 Å². The molecule has 1 fully saturated rings. The second kappa shape index (κ2) is 7.72. The predicted octanol–water partition coefficient (Wildman–Crippen LogP) is 2.56. The van der Waals surface area contributed by atoms with Crippen LogP contribution in [0.5, 0.6) is 0 Å². The number of rotatable bonds is 4. The van der Waals surface area contributed by atoms with E-state index in [1.807, 2.05) is 0 Å². The van der Waals surface area contributed by atoms with Gasteiger partial charge in [0.1, 0.15) is 0 Å². The minimum absolute atomic E-state index is 0.100. The van der Waals surface area contributed by atoms with E-state index >= 15 is 0 Å². The summed E-state index contributed by atoms with van der Waals surface area (Å²) in [6.07, 6.45) is 3.51. The third-order valence-corrected chi connectivity index (χ3v) is 5.75. The lowest BCUT2D eigenvalue weighted by atomic mass is 9.99. The fraction of sp³-hybridized carbons (Fsp3) is 0.524. The van der Waals surface area contributed by atoms with Crippen LogP contribution in [0.15, 0.2) is 24.3 Å². The van der Waals surface area contributed by atoms with Crippen molar-refractivity contribution in [1.82, 2.24) is 20.4 Å². The van der Waals surface area contributed by atoms with E-state index < -0.39 is 0 Å². The van der Waals surface area contributed by atoms with Gasteiger partial charge >= 0.3 is 0 Å². The number of aromatic amines is 1. The van der Waals surface area contributed by atoms with Crippen LogP contribution in [-0.4, -0.2) is 47.7 Å². The van der Waals surface area contributed by atoms with Crippen LogP contribution in [0.3, 0.4) is 0 Å². The second-order valence-electron chi connectivity index (χ2n) is 8.06. The first-order valence-corrected chi connectivity index (χ1v) is 9.97. The molecule has 1 unspecified atom stereocenters. The van der Waals surface area contributed by atoms with E-state index in [9.17, 15) is 4.79 Å². The van der Waals surface area contributed by atoms with Crippen LogP contribution in [0.25, 0.3) is 0 Å². The third-order valence-electron chi connectivity index (χ3n) is 5.75. The number of likely N-dealkylation sites (N-methyl/N-ethyl adjacent to an activating group) is 1. The topological polar surface area (TPSA) is 64.3 Å². The van der Waals surface area contributed by atoms with Crippen LogP contribution >= 0.6 is 0 Å². The second-order valence-corrected chi connectivity index (χ2v) is 8.06. The number of piperidine rings is 1. The maximum atomic E-state index is 12.6. The number of amides is 1. The lowest BCUT2D eigenvalue weighted by Crippen LogP contribution is -2.34. The number of hydrogen-bond acceptors (Lipinski definition) is 4. The zero-order chi connectivity index (χ0) is 18.8. The molecule has 6 nitrogen and oxygen atoms in total. The molecular weight excluding hydrogens is 338 g/mol. The summed E-state index contributed by atoms with van der Waals surface area (Å²) < 4.78 is 0. The van der Waals surface area contributed by atoms with Crippen molar-refractivity contribution in [3.63, 3.8) is 0 Å². The number of anilines is 1. The molecule has 2 aliphatic rings. The van der Waals surface area contributed by atoms with E-state index in [1.54, 1.807) is 0 Å². The van der Waals surface area contributed by atoms with E-state index in [2.05, 4.69) is 63.6 Å². The highest BCUT2D eigenvalue weighted by atomic mass is 16.1. The van der Waals surface area contributed by atoms with Gasteiger partial charge in [0.25, 0.3) is 5.91 Å². The molecule has 3 heterocycles. The van der Waals surface area contributed by atoms with Gasteiger partial charge in [0.15, 0.2) is 5.69 Å². The van der Waals surface area contributed by atoms with Crippen LogP contribution < -0.4 is 10.2 Å². The molecule has 2 N–H and O–H groups in total. The van der Waals surface area contributed by atoms with Crippen molar-refractivity contribution < 1.29 is 4.79 Å². The summed E-state index contributed by atoms with van der Waals surface area (Å²) in [5.41, 5.74) is 5.06. The fourth-order valence-electron chi connectivity index (χ4n) is 4.13. The van der Waals surface area contributed by atoms with E-state index in [0.29, 0.717) is 12.2 Å². The molecule has 1 saturated heterocycles. The number of carbonyl (C=O) groups is 1. The Labute approximate surface area is 160 Å². The number of H-pyrrole nitrogens is 1. The van der Waals surface area contributed by atoms with Crippen molar-refractivity contribution in [2.45, 2.75) is 39.3 Å². The number of hydrogen-bond donors (Lipinski definition) is 2. The highest BCUT2D eigenvalue weighted by Gasteiger charge is 2.23. The van der Waals surface area contributed by atoms with Gasteiger partial charge < -0.3 is 15.1 Å². The van der Waals surface area contributed by atoms with Gasteiger partial charge in [-0.2, -0.15) is 5.10 Å². The van der Waals surface area contributed by atoms with Gasteiger partial charge in [-0.1, -0.05) is 19.1 Å². The van der Waals surface area contributed by atoms with Crippen molar-refractivity contribution in [2.75, 3.05) is 31.6 Å². The van der Waals surface area contributed by atoms with E-state index in [1.165, 1.54) is 18.5 Å². The Hall–Kier alpha value is -2.34. The normalized spacial score (nSPS) is 20.4. The summed E-state index contributed by atoms with van der Waals surface area (Å²) in [5.74, 6) is 0.660. The summed E-state index contributed by atoms with van der Waals surface area (Å²) in [5, 5.41) is 10.3. The number of nitrogens with zero attached hydrogens (tertiary/aromatic N) is 3. The molecule has 0 bridgehead atoms. The van der Waals surface area contributed by atoms with Gasteiger partial charge in [-0.05, 0) is 43.5 Å². The Morgan fingerprint density at radius 1 is 1.30 bits per heavy atom. The minimum atomic E-state index is -0.100. The quantitative estimate of drug-likeness (QED) is 0.872. The molecule has 1 atom stereocenters. The number of aromatic nitrogens is 2. The Morgan fingerprint density at radius 2 is 2.11 bits per heavy atom. The third kappa shape index (κ3) is 4.00. The molecular formula is C21H29N5O. The lowest BCUT2D eigenvalue weighted by molar-refractivity contribution is 0.0944. The molecule has 0 radical (unpaired) electrons. The fourth-order valence-corrected chi connectivity index (χ4v) is 4.13. The Kier molecular flexibility index (Phi) is 5.16. The average Bonchev–Trinajstić information content (AvgIpc) is 3.09. The highest BCUT2D eigenvalue weighted by molar-refractivity contribution is 5.94. The van der Waals surface area contributed by atoms with E-state index in [-0.39, 0.29) is 5.91 Å². The monoisotopic (exact) mass is 367 g/mol. The van der Waals surface area contributed by atoms with Gasteiger partial charge in [0.05, 0.1) is 0 Å². The van der Waals surface area contributed by atoms with Crippen LogP contribution in [0.4, 0.5) is 5.69 Å². The maximum absolute atomic E-state index is 12.6. The smallest absolute Gasteiger partial charge is 0.272 e. The standard InChI is InChI=1S/C21H29N5O/c1-15-4-3-10-26(13-15)17-7-5-16(6-8-17)12-22-21(27)20-18-14-25(2)11-9-19(18)23-24-20/h5-8,15H,3-4,9-14H2,1-2H3,(H,22,27)(H,23,24). The summed E-state index contributed by atoms with van der Waals surface area (Å²) in [6.45, 7) is 6.89. The molecule has 27 heavy (non-hydrogen) atoms. The highest BCUT2D eigenvalue weighted by Crippen LogP contribution is 2.23. The van der Waals surface area contributed by atoms with E-state index in [0.717, 1.165) is 55.3 Å². The van der Waals surface area contributed by atoms with Crippen molar-refractivity contribution in [3.05, 3.63) is 46.8 Å². The van der Waals surface area contributed by atoms with Crippen LogP contribution in [0.1, 0.15) is 47.1 Å². The molecule has 1 aromatic heterocycles.